The summed E-state index contributed by atoms with van der Waals surface area (Å²) < 4.78 is 37.8. The lowest BCUT2D eigenvalue weighted by Gasteiger charge is -2.38. The molecule has 1 aliphatic carbocycles. The average Bonchev–Trinajstić information content (AvgIpc) is 2.31. The molecule has 1 aromatic rings. The van der Waals surface area contributed by atoms with Crippen LogP contribution in [0.3, 0.4) is 0 Å². The van der Waals surface area contributed by atoms with Gasteiger partial charge in [-0.3, -0.25) is 10.1 Å². The molecule has 2 rings (SSSR count). The van der Waals surface area contributed by atoms with Crippen LogP contribution in [-0.2, 0) is 6.18 Å². The third-order valence-electron chi connectivity index (χ3n) is 4.00. The van der Waals surface area contributed by atoms with Gasteiger partial charge in [0.25, 0.3) is 5.69 Å². The van der Waals surface area contributed by atoms with E-state index in [1.165, 1.54) is 0 Å². The SMILES string of the molecule is CC(C)C1CC(Nc2ccc(C(F)(F)F)cc2[N+](=O)[O-])C1. The number of halogens is 3. The standard InChI is InChI=1S/C14H17F3N2O2/c1-8(2)9-5-11(6-9)18-12-4-3-10(14(15,16)17)7-13(12)19(20)21/h3-4,7-9,11,18H,5-6H2,1-2H3. The summed E-state index contributed by atoms with van der Waals surface area (Å²) in [6, 6.07) is 2.69. The Morgan fingerprint density at radius 3 is 2.43 bits per heavy atom. The molecule has 1 fully saturated rings. The molecule has 7 heteroatoms. The van der Waals surface area contributed by atoms with Crippen molar-refractivity contribution in [1.82, 2.24) is 0 Å². The zero-order valence-electron chi connectivity index (χ0n) is 11.8. The largest absolute Gasteiger partial charge is 0.416 e. The summed E-state index contributed by atoms with van der Waals surface area (Å²) in [5.41, 5.74) is -1.38. The van der Waals surface area contributed by atoms with Crippen molar-refractivity contribution in [2.75, 3.05) is 5.32 Å². The predicted octanol–water partition coefficient (Wildman–Crippen LogP) is 4.46. The van der Waals surface area contributed by atoms with Gasteiger partial charge in [-0.05, 0) is 36.8 Å². The Morgan fingerprint density at radius 1 is 1.33 bits per heavy atom. The van der Waals surface area contributed by atoms with Crippen LogP contribution >= 0.6 is 0 Å². The Labute approximate surface area is 120 Å². The molecule has 0 unspecified atom stereocenters. The van der Waals surface area contributed by atoms with Crippen LogP contribution in [0.15, 0.2) is 18.2 Å². The number of nitro groups is 1. The number of hydrogen-bond donors (Lipinski definition) is 1. The van der Waals surface area contributed by atoms with E-state index in [1.807, 2.05) is 0 Å². The molecule has 0 amide bonds. The van der Waals surface area contributed by atoms with Crippen molar-refractivity contribution in [2.45, 2.75) is 38.9 Å². The highest BCUT2D eigenvalue weighted by molar-refractivity contribution is 5.63. The van der Waals surface area contributed by atoms with Crippen molar-refractivity contribution in [3.05, 3.63) is 33.9 Å². The van der Waals surface area contributed by atoms with Gasteiger partial charge in [-0.1, -0.05) is 13.8 Å². The van der Waals surface area contributed by atoms with E-state index in [2.05, 4.69) is 19.2 Å². The smallest absolute Gasteiger partial charge is 0.377 e. The van der Waals surface area contributed by atoms with Crippen LogP contribution in [0, 0.1) is 22.0 Å². The number of hydrogen-bond acceptors (Lipinski definition) is 3. The maximum atomic E-state index is 12.6. The van der Waals surface area contributed by atoms with Gasteiger partial charge in [0.15, 0.2) is 0 Å². The third kappa shape index (κ3) is 3.46. The predicted molar refractivity (Wildman–Crippen MR) is 73.1 cm³/mol. The highest BCUT2D eigenvalue weighted by atomic mass is 19.4. The van der Waals surface area contributed by atoms with Gasteiger partial charge in [0, 0.05) is 12.1 Å². The molecule has 0 aromatic heterocycles. The molecule has 0 bridgehead atoms. The van der Waals surface area contributed by atoms with Crippen molar-refractivity contribution in [1.29, 1.82) is 0 Å². The zero-order valence-corrected chi connectivity index (χ0v) is 11.8. The summed E-state index contributed by atoms with van der Waals surface area (Å²) >= 11 is 0. The van der Waals surface area contributed by atoms with Gasteiger partial charge in [-0.2, -0.15) is 13.2 Å². The van der Waals surface area contributed by atoms with Crippen molar-refractivity contribution in [3.63, 3.8) is 0 Å². The summed E-state index contributed by atoms with van der Waals surface area (Å²) in [6.45, 7) is 4.23. The molecule has 0 atom stereocenters. The number of nitrogens with one attached hydrogen (secondary N) is 1. The van der Waals surface area contributed by atoms with Gasteiger partial charge in [0.1, 0.15) is 5.69 Å². The Hall–Kier alpha value is -1.79. The highest BCUT2D eigenvalue weighted by Gasteiger charge is 2.35. The van der Waals surface area contributed by atoms with Crippen LogP contribution in [0.25, 0.3) is 0 Å². The van der Waals surface area contributed by atoms with E-state index in [9.17, 15) is 23.3 Å². The maximum absolute atomic E-state index is 12.6. The molecule has 1 saturated carbocycles. The summed E-state index contributed by atoms with van der Waals surface area (Å²) in [6.07, 6.45) is -2.81. The van der Waals surface area contributed by atoms with Crippen molar-refractivity contribution in [2.24, 2.45) is 11.8 Å². The fourth-order valence-electron chi connectivity index (χ4n) is 2.53. The Balaban J connectivity index is 2.15. The first-order chi connectivity index (χ1) is 9.68. The molecule has 21 heavy (non-hydrogen) atoms. The first-order valence-electron chi connectivity index (χ1n) is 6.80. The number of alkyl halides is 3. The lowest BCUT2D eigenvalue weighted by atomic mass is 9.73. The van der Waals surface area contributed by atoms with Gasteiger partial charge in [0.05, 0.1) is 10.5 Å². The van der Waals surface area contributed by atoms with E-state index in [4.69, 9.17) is 0 Å². The number of rotatable bonds is 4. The lowest BCUT2D eigenvalue weighted by Crippen LogP contribution is -2.38. The molecular weight excluding hydrogens is 285 g/mol. The third-order valence-corrected chi connectivity index (χ3v) is 4.00. The van der Waals surface area contributed by atoms with Crippen LogP contribution in [0.5, 0.6) is 0 Å². The van der Waals surface area contributed by atoms with E-state index in [1.54, 1.807) is 0 Å². The fourth-order valence-corrected chi connectivity index (χ4v) is 2.53. The van der Waals surface area contributed by atoms with Gasteiger partial charge >= 0.3 is 6.18 Å². The molecule has 4 nitrogen and oxygen atoms in total. The van der Waals surface area contributed by atoms with Gasteiger partial charge in [0.2, 0.25) is 0 Å². The lowest BCUT2D eigenvalue weighted by molar-refractivity contribution is -0.384. The Kier molecular flexibility index (Phi) is 4.11. The van der Waals surface area contributed by atoms with Crippen LogP contribution in [0.1, 0.15) is 32.3 Å². The Morgan fingerprint density at radius 2 is 1.95 bits per heavy atom. The summed E-state index contributed by atoms with van der Waals surface area (Å²) in [5.74, 6) is 1.11. The molecular formula is C14H17F3N2O2. The second-order valence-corrected chi connectivity index (χ2v) is 5.80. The molecule has 0 aliphatic heterocycles. The van der Waals surface area contributed by atoms with E-state index in [-0.39, 0.29) is 11.7 Å². The minimum absolute atomic E-state index is 0.0906. The van der Waals surface area contributed by atoms with Crippen molar-refractivity contribution < 1.29 is 18.1 Å². The molecule has 0 radical (unpaired) electrons. The second-order valence-electron chi connectivity index (χ2n) is 5.80. The first-order valence-corrected chi connectivity index (χ1v) is 6.80. The van der Waals surface area contributed by atoms with E-state index >= 15 is 0 Å². The number of anilines is 1. The fraction of sp³-hybridized carbons (Fsp3) is 0.571. The van der Waals surface area contributed by atoms with Crippen LogP contribution in [-0.4, -0.2) is 11.0 Å². The number of nitro benzene ring substituents is 1. The molecule has 0 saturated heterocycles. The highest BCUT2D eigenvalue weighted by Crippen LogP contribution is 2.39. The molecule has 1 aromatic carbocycles. The van der Waals surface area contributed by atoms with E-state index in [0.717, 1.165) is 25.0 Å². The molecule has 116 valence electrons. The topological polar surface area (TPSA) is 55.2 Å². The number of benzene rings is 1. The number of nitrogens with zero attached hydrogens (tertiary/aromatic N) is 1. The molecule has 0 heterocycles. The van der Waals surface area contributed by atoms with E-state index < -0.39 is 22.4 Å². The zero-order chi connectivity index (χ0) is 15.8. The molecule has 0 spiro atoms. The molecule has 1 aliphatic rings. The minimum atomic E-state index is -4.58. The Bertz CT molecular complexity index is 538. The van der Waals surface area contributed by atoms with Crippen LogP contribution in [0.4, 0.5) is 24.5 Å². The molecule has 1 N–H and O–H groups in total. The monoisotopic (exact) mass is 302 g/mol. The van der Waals surface area contributed by atoms with Crippen molar-refractivity contribution in [3.8, 4) is 0 Å². The summed E-state index contributed by atoms with van der Waals surface area (Å²) in [5, 5.41) is 13.9. The quantitative estimate of drug-likeness (QED) is 0.660. The minimum Gasteiger partial charge on any atom is -0.377 e. The average molecular weight is 302 g/mol. The van der Waals surface area contributed by atoms with E-state index in [0.29, 0.717) is 17.9 Å². The first kappa shape index (κ1) is 15.6. The normalized spacial score (nSPS) is 22.0. The summed E-state index contributed by atoms with van der Waals surface area (Å²) in [7, 11) is 0. The van der Waals surface area contributed by atoms with Crippen LogP contribution < -0.4 is 5.32 Å². The maximum Gasteiger partial charge on any atom is 0.416 e. The van der Waals surface area contributed by atoms with Crippen LogP contribution in [0.2, 0.25) is 0 Å². The second kappa shape index (κ2) is 5.54. The van der Waals surface area contributed by atoms with Gasteiger partial charge in [-0.15, -0.1) is 0 Å². The van der Waals surface area contributed by atoms with Gasteiger partial charge < -0.3 is 5.32 Å². The van der Waals surface area contributed by atoms with Crippen molar-refractivity contribution >= 4 is 11.4 Å². The summed E-state index contributed by atoms with van der Waals surface area (Å²) in [4.78, 5) is 10.2. The van der Waals surface area contributed by atoms with Gasteiger partial charge in [-0.25, -0.2) is 0 Å².